The van der Waals surface area contributed by atoms with Crippen molar-refractivity contribution in [2.24, 2.45) is 16.6 Å². The molecule has 2 aromatic heterocycles. The number of hydrogen-bond acceptors (Lipinski definition) is 5. The van der Waals surface area contributed by atoms with Gasteiger partial charge in [-0.25, -0.2) is 9.98 Å². The topological polar surface area (TPSA) is 96.8 Å². The maximum absolute atomic E-state index is 11.2. The lowest BCUT2D eigenvalue weighted by molar-refractivity contribution is -0.119. The summed E-state index contributed by atoms with van der Waals surface area (Å²) in [5, 5.41) is 5.33. The van der Waals surface area contributed by atoms with Crippen LogP contribution in [0.2, 0.25) is 0 Å². The van der Waals surface area contributed by atoms with E-state index in [0.29, 0.717) is 24.8 Å². The minimum atomic E-state index is -0.234. The second kappa shape index (κ2) is 10.6. The van der Waals surface area contributed by atoms with E-state index in [1.165, 1.54) is 0 Å². The number of aromatic nitrogens is 1. The van der Waals surface area contributed by atoms with Crippen molar-refractivity contribution < 1.29 is 9.21 Å². The third-order valence-corrected chi connectivity index (χ3v) is 5.18. The fourth-order valence-corrected chi connectivity index (χ4v) is 3.84. The normalized spacial score (nSPS) is 17.4. The number of piperidine rings is 1. The SMILES string of the molecule is CCNC(=NCc1coc(-c2cccs2)n1)N1CCCC(CC(N)=O)C1.I. The highest BCUT2D eigenvalue weighted by atomic mass is 127. The van der Waals surface area contributed by atoms with Crippen molar-refractivity contribution in [1.82, 2.24) is 15.2 Å². The number of halogens is 1. The Morgan fingerprint density at radius 1 is 1.56 bits per heavy atom. The van der Waals surface area contributed by atoms with E-state index in [0.717, 1.165) is 49.0 Å². The van der Waals surface area contributed by atoms with Gasteiger partial charge in [0.25, 0.3) is 0 Å². The number of nitrogens with zero attached hydrogens (tertiary/aromatic N) is 3. The highest BCUT2D eigenvalue weighted by Gasteiger charge is 2.23. The Kier molecular flexibility index (Phi) is 8.55. The zero-order chi connectivity index (χ0) is 18.4. The first kappa shape index (κ1) is 21.7. The fourth-order valence-electron chi connectivity index (χ4n) is 3.18. The monoisotopic (exact) mass is 503 g/mol. The summed E-state index contributed by atoms with van der Waals surface area (Å²) >= 11 is 1.60. The van der Waals surface area contributed by atoms with Crippen LogP contribution in [0.15, 0.2) is 33.2 Å². The largest absolute Gasteiger partial charge is 0.443 e. The van der Waals surface area contributed by atoms with Gasteiger partial charge in [-0.2, -0.15) is 0 Å². The third kappa shape index (κ3) is 6.20. The molecule has 1 aliphatic heterocycles. The first-order valence-electron chi connectivity index (χ1n) is 8.95. The average molecular weight is 503 g/mol. The van der Waals surface area contributed by atoms with Crippen LogP contribution in [0.3, 0.4) is 0 Å². The zero-order valence-corrected chi connectivity index (χ0v) is 18.5. The number of carbonyl (C=O) groups excluding carboxylic acids is 1. The second-order valence-corrected chi connectivity index (χ2v) is 7.36. The number of oxazole rings is 1. The number of thiophene rings is 1. The quantitative estimate of drug-likeness (QED) is 0.359. The predicted molar refractivity (Wildman–Crippen MR) is 118 cm³/mol. The van der Waals surface area contributed by atoms with Crippen molar-refractivity contribution in [1.29, 1.82) is 0 Å². The summed E-state index contributed by atoms with van der Waals surface area (Å²) in [6.45, 7) is 5.02. The number of carbonyl (C=O) groups is 1. The molecule has 0 spiro atoms. The molecule has 1 atom stereocenters. The number of nitrogens with two attached hydrogens (primary N) is 1. The van der Waals surface area contributed by atoms with Crippen LogP contribution in [0.5, 0.6) is 0 Å². The highest BCUT2D eigenvalue weighted by molar-refractivity contribution is 14.0. The summed E-state index contributed by atoms with van der Waals surface area (Å²) in [6.07, 6.45) is 4.17. The number of aliphatic imine (C=N–C) groups is 1. The molecular formula is C18H26IN5O2S. The molecule has 27 heavy (non-hydrogen) atoms. The van der Waals surface area contributed by atoms with Gasteiger partial charge in [-0.05, 0) is 37.1 Å². The Morgan fingerprint density at radius 3 is 3.11 bits per heavy atom. The molecule has 0 aliphatic carbocycles. The van der Waals surface area contributed by atoms with Crippen LogP contribution < -0.4 is 11.1 Å². The van der Waals surface area contributed by atoms with Crippen LogP contribution in [0.1, 0.15) is 31.9 Å². The molecule has 2 aromatic rings. The summed E-state index contributed by atoms with van der Waals surface area (Å²) in [4.78, 5) is 23.7. The van der Waals surface area contributed by atoms with Gasteiger partial charge in [0.05, 0.1) is 11.4 Å². The molecule has 148 valence electrons. The van der Waals surface area contributed by atoms with E-state index in [1.54, 1.807) is 17.6 Å². The van der Waals surface area contributed by atoms with Crippen LogP contribution in [-0.2, 0) is 11.3 Å². The van der Waals surface area contributed by atoms with E-state index in [-0.39, 0.29) is 29.9 Å². The first-order valence-corrected chi connectivity index (χ1v) is 9.83. The van der Waals surface area contributed by atoms with E-state index >= 15 is 0 Å². The van der Waals surface area contributed by atoms with Gasteiger partial charge in [-0.1, -0.05) is 6.07 Å². The van der Waals surface area contributed by atoms with Crippen molar-refractivity contribution in [3.63, 3.8) is 0 Å². The maximum Gasteiger partial charge on any atom is 0.236 e. The summed E-state index contributed by atoms with van der Waals surface area (Å²) in [5.74, 6) is 1.54. The molecule has 1 aliphatic rings. The van der Waals surface area contributed by atoms with Crippen LogP contribution in [0.25, 0.3) is 10.8 Å². The van der Waals surface area contributed by atoms with E-state index in [4.69, 9.17) is 15.1 Å². The Balaban J connectivity index is 0.00000261. The molecule has 3 N–H and O–H groups in total. The summed E-state index contributed by atoms with van der Waals surface area (Å²) in [7, 11) is 0. The van der Waals surface area contributed by atoms with E-state index in [1.807, 2.05) is 24.4 Å². The highest BCUT2D eigenvalue weighted by Crippen LogP contribution is 2.24. The number of hydrogen-bond donors (Lipinski definition) is 2. The maximum atomic E-state index is 11.2. The molecule has 0 saturated carbocycles. The van der Waals surface area contributed by atoms with Crippen molar-refractivity contribution >= 4 is 47.2 Å². The van der Waals surface area contributed by atoms with Crippen LogP contribution in [0.4, 0.5) is 0 Å². The lowest BCUT2D eigenvalue weighted by Gasteiger charge is -2.34. The smallest absolute Gasteiger partial charge is 0.236 e. The van der Waals surface area contributed by atoms with Crippen LogP contribution >= 0.6 is 35.3 Å². The van der Waals surface area contributed by atoms with Crippen LogP contribution in [-0.4, -0.2) is 41.4 Å². The van der Waals surface area contributed by atoms with E-state index < -0.39 is 0 Å². The van der Waals surface area contributed by atoms with Crippen molar-refractivity contribution in [2.75, 3.05) is 19.6 Å². The minimum Gasteiger partial charge on any atom is -0.443 e. The molecule has 7 nitrogen and oxygen atoms in total. The number of guanidine groups is 1. The van der Waals surface area contributed by atoms with E-state index in [9.17, 15) is 4.79 Å². The minimum absolute atomic E-state index is 0. The summed E-state index contributed by atoms with van der Waals surface area (Å²) < 4.78 is 5.55. The predicted octanol–water partition coefficient (Wildman–Crippen LogP) is 3.07. The number of amides is 1. The van der Waals surface area contributed by atoms with Gasteiger partial charge in [0.1, 0.15) is 12.0 Å². The molecule has 1 saturated heterocycles. The fraction of sp³-hybridized carbons (Fsp3) is 0.500. The Labute approximate surface area is 180 Å². The summed E-state index contributed by atoms with van der Waals surface area (Å²) in [5.41, 5.74) is 6.16. The van der Waals surface area contributed by atoms with E-state index in [2.05, 4.69) is 15.2 Å². The molecule has 0 radical (unpaired) electrons. The lowest BCUT2D eigenvalue weighted by atomic mass is 9.95. The number of likely N-dealkylation sites (tertiary alicyclic amines) is 1. The van der Waals surface area contributed by atoms with Gasteiger partial charge in [-0.15, -0.1) is 35.3 Å². The lowest BCUT2D eigenvalue weighted by Crippen LogP contribution is -2.47. The Morgan fingerprint density at radius 2 is 2.41 bits per heavy atom. The molecule has 1 fully saturated rings. The number of primary amides is 1. The summed E-state index contributed by atoms with van der Waals surface area (Å²) in [6, 6.07) is 3.96. The number of nitrogens with one attached hydrogen (secondary N) is 1. The van der Waals surface area contributed by atoms with Crippen LogP contribution in [0, 0.1) is 5.92 Å². The van der Waals surface area contributed by atoms with Gasteiger partial charge in [0, 0.05) is 26.1 Å². The molecule has 0 bridgehead atoms. The van der Waals surface area contributed by atoms with Gasteiger partial charge >= 0.3 is 0 Å². The molecule has 3 rings (SSSR count). The molecule has 0 aromatic carbocycles. The van der Waals surface area contributed by atoms with Crippen molar-refractivity contribution in [3.8, 4) is 10.8 Å². The average Bonchev–Trinajstić information content (AvgIpc) is 3.29. The van der Waals surface area contributed by atoms with Gasteiger partial charge in [0.15, 0.2) is 5.96 Å². The Bertz CT molecular complexity index is 747. The molecule has 1 unspecified atom stereocenters. The molecular weight excluding hydrogens is 477 g/mol. The number of rotatable bonds is 6. The Hall–Kier alpha value is -1.62. The van der Waals surface area contributed by atoms with Gasteiger partial charge in [0.2, 0.25) is 11.8 Å². The zero-order valence-electron chi connectivity index (χ0n) is 15.4. The second-order valence-electron chi connectivity index (χ2n) is 6.42. The molecule has 1 amide bonds. The first-order chi connectivity index (χ1) is 12.7. The molecule has 3 heterocycles. The van der Waals surface area contributed by atoms with Crippen molar-refractivity contribution in [3.05, 3.63) is 29.5 Å². The standard InChI is InChI=1S/C18H25N5O2S.HI/c1-2-20-18(23-7-3-5-13(11-23)9-16(19)24)21-10-14-12-25-17(22-14)15-6-4-8-26-15;/h4,6,8,12-13H,2-3,5,7,9-11H2,1H3,(H2,19,24)(H,20,21);1H. The van der Waals surface area contributed by atoms with Crippen molar-refractivity contribution in [2.45, 2.75) is 32.7 Å². The molecule has 9 heteroatoms. The third-order valence-electron chi connectivity index (χ3n) is 4.32. The van der Waals surface area contributed by atoms with Gasteiger partial charge in [-0.3, -0.25) is 4.79 Å². The van der Waals surface area contributed by atoms with Gasteiger partial charge < -0.3 is 20.4 Å².